The minimum absolute atomic E-state index is 0.113. The SMILES string of the molecule is Cc1ccc(Cn2nc(-c3ccc(Cl)cc3)ccc2=O)cc1. The van der Waals surface area contributed by atoms with Gasteiger partial charge in [0.05, 0.1) is 12.2 Å². The lowest BCUT2D eigenvalue weighted by atomic mass is 10.1. The van der Waals surface area contributed by atoms with Gasteiger partial charge in [-0.2, -0.15) is 5.10 Å². The fourth-order valence-electron chi connectivity index (χ4n) is 2.20. The fourth-order valence-corrected chi connectivity index (χ4v) is 2.33. The van der Waals surface area contributed by atoms with Gasteiger partial charge in [0.25, 0.3) is 5.56 Å². The van der Waals surface area contributed by atoms with Crippen LogP contribution in [-0.4, -0.2) is 9.78 Å². The van der Waals surface area contributed by atoms with E-state index in [0.717, 1.165) is 16.8 Å². The Morgan fingerprint density at radius 3 is 2.32 bits per heavy atom. The Morgan fingerprint density at radius 2 is 1.64 bits per heavy atom. The topological polar surface area (TPSA) is 34.9 Å². The molecule has 0 fully saturated rings. The summed E-state index contributed by atoms with van der Waals surface area (Å²) in [6.07, 6.45) is 0. The molecule has 0 saturated heterocycles. The number of rotatable bonds is 3. The Hall–Kier alpha value is -2.39. The number of aryl methyl sites for hydroxylation is 1. The van der Waals surface area contributed by atoms with Gasteiger partial charge in [-0.1, -0.05) is 53.6 Å². The van der Waals surface area contributed by atoms with Gasteiger partial charge in [0.1, 0.15) is 0 Å². The zero-order valence-corrected chi connectivity index (χ0v) is 12.9. The minimum Gasteiger partial charge on any atom is -0.268 e. The molecule has 0 amide bonds. The molecule has 0 saturated carbocycles. The number of nitrogens with zero attached hydrogens (tertiary/aromatic N) is 2. The van der Waals surface area contributed by atoms with Gasteiger partial charge in [0, 0.05) is 16.7 Å². The Bertz CT molecular complexity index is 836. The average Bonchev–Trinajstić information content (AvgIpc) is 2.52. The summed E-state index contributed by atoms with van der Waals surface area (Å²) in [4.78, 5) is 12.0. The number of hydrogen-bond donors (Lipinski definition) is 0. The van der Waals surface area contributed by atoms with E-state index in [9.17, 15) is 4.79 Å². The summed E-state index contributed by atoms with van der Waals surface area (Å²) >= 11 is 5.90. The first-order chi connectivity index (χ1) is 10.6. The average molecular weight is 311 g/mol. The third kappa shape index (κ3) is 3.26. The molecule has 0 unspecified atom stereocenters. The van der Waals surface area contributed by atoms with Crippen molar-refractivity contribution in [2.45, 2.75) is 13.5 Å². The lowest BCUT2D eigenvalue weighted by Crippen LogP contribution is -2.22. The van der Waals surface area contributed by atoms with Crippen LogP contribution in [0.15, 0.2) is 65.5 Å². The van der Waals surface area contributed by atoms with Crippen LogP contribution in [0, 0.1) is 6.92 Å². The zero-order valence-electron chi connectivity index (χ0n) is 12.2. The molecule has 22 heavy (non-hydrogen) atoms. The highest BCUT2D eigenvalue weighted by atomic mass is 35.5. The van der Waals surface area contributed by atoms with Crippen molar-refractivity contribution >= 4 is 11.6 Å². The van der Waals surface area contributed by atoms with E-state index in [4.69, 9.17) is 11.6 Å². The van der Waals surface area contributed by atoms with E-state index in [1.165, 1.54) is 10.2 Å². The van der Waals surface area contributed by atoms with E-state index >= 15 is 0 Å². The van der Waals surface area contributed by atoms with Crippen molar-refractivity contribution < 1.29 is 0 Å². The van der Waals surface area contributed by atoms with Gasteiger partial charge < -0.3 is 0 Å². The van der Waals surface area contributed by atoms with E-state index < -0.39 is 0 Å². The summed E-state index contributed by atoms with van der Waals surface area (Å²) < 4.78 is 1.48. The van der Waals surface area contributed by atoms with Crippen LogP contribution in [0.3, 0.4) is 0 Å². The van der Waals surface area contributed by atoms with Crippen LogP contribution in [0.1, 0.15) is 11.1 Å². The maximum atomic E-state index is 12.0. The highest BCUT2D eigenvalue weighted by molar-refractivity contribution is 6.30. The van der Waals surface area contributed by atoms with Gasteiger partial charge in [-0.3, -0.25) is 4.79 Å². The first-order valence-electron chi connectivity index (χ1n) is 7.01. The first kappa shape index (κ1) is 14.5. The molecule has 0 bridgehead atoms. The molecule has 0 radical (unpaired) electrons. The minimum atomic E-state index is -0.113. The van der Waals surface area contributed by atoms with Gasteiger partial charge in [-0.05, 0) is 30.7 Å². The largest absolute Gasteiger partial charge is 0.268 e. The quantitative estimate of drug-likeness (QED) is 0.735. The maximum Gasteiger partial charge on any atom is 0.267 e. The molecule has 3 aromatic rings. The third-order valence-electron chi connectivity index (χ3n) is 3.46. The van der Waals surface area contributed by atoms with E-state index in [1.54, 1.807) is 12.1 Å². The van der Waals surface area contributed by atoms with E-state index in [0.29, 0.717) is 11.6 Å². The lowest BCUT2D eigenvalue weighted by molar-refractivity contribution is 0.642. The smallest absolute Gasteiger partial charge is 0.267 e. The van der Waals surface area contributed by atoms with Crippen molar-refractivity contribution in [3.05, 3.63) is 87.2 Å². The van der Waals surface area contributed by atoms with Crippen LogP contribution < -0.4 is 5.56 Å². The second-order valence-electron chi connectivity index (χ2n) is 5.21. The Balaban J connectivity index is 1.94. The summed E-state index contributed by atoms with van der Waals surface area (Å²) in [7, 11) is 0. The maximum absolute atomic E-state index is 12.0. The molecule has 110 valence electrons. The van der Waals surface area contributed by atoms with Crippen molar-refractivity contribution in [3.8, 4) is 11.3 Å². The van der Waals surface area contributed by atoms with Crippen LogP contribution in [0.4, 0.5) is 0 Å². The molecule has 0 aliphatic carbocycles. The predicted molar refractivity (Wildman–Crippen MR) is 89.2 cm³/mol. The monoisotopic (exact) mass is 310 g/mol. The van der Waals surface area contributed by atoms with Crippen LogP contribution >= 0.6 is 11.6 Å². The van der Waals surface area contributed by atoms with Gasteiger partial charge in [-0.15, -0.1) is 0 Å². The Kier molecular flexibility index (Phi) is 4.07. The number of benzene rings is 2. The van der Waals surface area contributed by atoms with E-state index in [2.05, 4.69) is 5.10 Å². The second kappa shape index (κ2) is 6.16. The summed E-state index contributed by atoms with van der Waals surface area (Å²) in [5.74, 6) is 0. The molecule has 1 aromatic heterocycles. The molecule has 4 heteroatoms. The summed E-state index contributed by atoms with van der Waals surface area (Å²) in [6.45, 7) is 2.50. The molecule has 3 nitrogen and oxygen atoms in total. The Labute approximate surface area is 133 Å². The van der Waals surface area contributed by atoms with Crippen molar-refractivity contribution in [2.24, 2.45) is 0 Å². The van der Waals surface area contributed by atoms with Crippen LogP contribution in [-0.2, 0) is 6.54 Å². The van der Waals surface area contributed by atoms with E-state index in [-0.39, 0.29) is 5.56 Å². The molecule has 0 aliphatic rings. The van der Waals surface area contributed by atoms with Crippen molar-refractivity contribution in [1.82, 2.24) is 9.78 Å². The molecular weight excluding hydrogens is 296 g/mol. The van der Waals surface area contributed by atoms with Crippen LogP contribution in [0.25, 0.3) is 11.3 Å². The summed E-state index contributed by atoms with van der Waals surface area (Å²) in [5, 5.41) is 5.13. The predicted octanol–water partition coefficient (Wildman–Crippen LogP) is 3.92. The first-order valence-corrected chi connectivity index (χ1v) is 7.39. The zero-order chi connectivity index (χ0) is 15.5. The number of hydrogen-bond acceptors (Lipinski definition) is 2. The highest BCUT2D eigenvalue weighted by Crippen LogP contribution is 2.18. The van der Waals surface area contributed by atoms with Gasteiger partial charge in [-0.25, -0.2) is 4.68 Å². The molecular formula is C18H15ClN2O. The second-order valence-corrected chi connectivity index (χ2v) is 5.64. The fraction of sp³-hybridized carbons (Fsp3) is 0.111. The van der Waals surface area contributed by atoms with Crippen molar-refractivity contribution in [1.29, 1.82) is 0 Å². The molecule has 2 aromatic carbocycles. The normalized spacial score (nSPS) is 10.6. The Morgan fingerprint density at radius 1 is 0.955 bits per heavy atom. The molecule has 3 rings (SSSR count). The number of aromatic nitrogens is 2. The lowest BCUT2D eigenvalue weighted by Gasteiger charge is -2.08. The van der Waals surface area contributed by atoms with Gasteiger partial charge in [0.15, 0.2) is 0 Å². The summed E-state index contributed by atoms with van der Waals surface area (Å²) in [6, 6.07) is 18.8. The molecule has 1 heterocycles. The van der Waals surface area contributed by atoms with Crippen LogP contribution in [0.5, 0.6) is 0 Å². The number of halogens is 1. The standard InChI is InChI=1S/C18H15ClN2O/c1-13-2-4-14(5-3-13)12-21-18(22)11-10-17(20-21)15-6-8-16(19)9-7-15/h2-11H,12H2,1H3. The van der Waals surface area contributed by atoms with E-state index in [1.807, 2.05) is 55.5 Å². The molecule has 0 N–H and O–H groups in total. The van der Waals surface area contributed by atoms with Gasteiger partial charge >= 0.3 is 0 Å². The molecule has 0 spiro atoms. The highest BCUT2D eigenvalue weighted by Gasteiger charge is 2.04. The molecule has 0 atom stereocenters. The van der Waals surface area contributed by atoms with Crippen molar-refractivity contribution in [2.75, 3.05) is 0 Å². The van der Waals surface area contributed by atoms with Crippen LogP contribution in [0.2, 0.25) is 5.02 Å². The van der Waals surface area contributed by atoms with Gasteiger partial charge in [0.2, 0.25) is 0 Å². The summed E-state index contributed by atoms with van der Waals surface area (Å²) in [5.41, 5.74) is 3.82. The van der Waals surface area contributed by atoms with Crippen molar-refractivity contribution in [3.63, 3.8) is 0 Å². The third-order valence-corrected chi connectivity index (χ3v) is 3.71. The molecule has 0 aliphatic heterocycles.